The van der Waals surface area contributed by atoms with Crippen LogP contribution in [0.5, 0.6) is 0 Å². The fourth-order valence-electron chi connectivity index (χ4n) is 3.19. The third-order valence-corrected chi connectivity index (χ3v) is 4.35. The first kappa shape index (κ1) is 12.3. The summed E-state index contributed by atoms with van der Waals surface area (Å²) in [6.07, 6.45) is 2.69. The standard InChI is InChI=1S/C15H14N4O2/c20-13-7-15(14(21)18-13)5-6-19(9-15)12-8-16-10-3-1-2-4-11(10)17-12/h1-4,8H,5-7,9H2,(H,18,20,21). The summed E-state index contributed by atoms with van der Waals surface area (Å²) in [4.78, 5) is 34.5. The molecule has 0 bridgehead atoms. The summed E-state index contributed by atoms with van der Waals surface area (Å²) < 4.78 is 0. The van der Waals surface area contributed by atoms with Gasteiger partial charge >= 0.3 is 0 Å². The molecular weight excluding hydrogens is 268 g/mol. The molecule has 0 aliphatic carbocycles. The average Bonchev–Trinajstić information content (AvgIpc) is 3.03. The van der Waals surface area contributed by atoms with Gasteiger partial charge in [0.1, 0.15) is 5.82 Å². The Morgan fingerprint density at radius 2 is 2.00 bits per heavy atom. The van der Waals surface area contributed by atoms with Crippen LogP contribution in [0, 0.1) is 5.41 Å². The lowest BCUT2D eigenvalue weighted by atomic mass is 9.85. The number of anilines is 1. The molecule has 2 aliphatic rings. The molecule has 2 saturated heterocycles. The van der Waals surface area contributed by atoms with Crippen molar-refractivity contribution < 1.29 is 9.59 Å². The highest BCUT2D eigenvalue weighted by atomic mass is 16.2. The van der Waals surface area contributed by atoms with Gasteiger partial charge in [-0.25, -0.2) is 4.98 Å². The number of benzene rings is 1. The van der Waals surface area contributed by atoms with Gasteiger partial charge in [0.25, 0.3) is 0 Å². The van der Waals surface area contributed by atoms with E-state index in [0.717, 1.165) is 16.9 Å². The topological polar surface area (TPSA) is 75.2 Å². The van der Waals surface area contributed by atoms with E-state index in [1.807, 2.05) is 29.2 Å². The molecule has 1 aromatic heterocycles. The Kier molecular flexibility index (Phi) is 2.48. The van der Waals surface area contributed by atoms with Crippen molar-refractivity contribution >= 4 is 28.7 Å². The zero-order valence-electron chi connectivity index (χ0n) is 11.4. The van der Waals surface area contributed by atoms with Gasteiger partial charge in [0.2, 0.25) is 11.8 Å². The molecule has 1 aromatic carbocycles. The third-order valence-electron chi connectivity index (χ3n) is 4.35. The smallest absolute Gasteiger partial charge is 0.235 e. The number of hydrogen-bond donors (Lipinski definition) is 1. The molecule has 6 nitrogen and oxygen atoms in total. The maximum Gasteiger partial charge on any atom is 0.235 e. The molecule has 0 saturated carbocycles. The van der Waals surface area contributed by atoms with Crippen LogP contribution in [0.15, 0.2) is 30.5 Å². The summed E-state index contributed by atoms with van der Waals surface area (Å²) >= 11 is 0. The van der Waals surface area contributed by atoms with Gasteiger partial charge in [-0.3, -0.25) is 19.9 Å². The molecule has 2 amide bonds. The van der Waals surface area contributed by atoms with Crippen LogP contribution in [-0.4, -0.2) is 34.9 Å². The van der Waals surface area contributed by atoms with E-state index in [2.05, 4.69) is 15.3 Å². The van der Waals surface area contributed by atoms with Crippen molar-refractivity contribution in [1.82, 2.24) is 15.3 Å². The van der Waals surface area contributed by atoms with Gasteiger partial charge in [-0.1, -0.05) is 12.1 Å². The van der Waals surface area contributed by atoms with Crippen LogP contribution >= 0.6 is 0 Å². The van der Waals surface area contributed by atoms with Crippen LogP contribution in [0.1, 0.15) is 12.8 Å². The van der Waals surface area contributed by atoms with Crippen LogP contribution in [0.4, 0.5) is 5.82 Å². The first-order valence-corrected chi connectivity index (χ1v) is 6.97. The SMILES string of the molecule is O=C1CC2(CCN(c3cnc4ccccc4n3)C2)C(=O)N1. The quantitative estimate of drug-likeness (QED) is 0.786. The van der Waals surface area contributed by atoms with E-state index in [4.69, 9.17) is 0 Å². The molecule has 6 heteroatoms. The van der Waals surface area contributed by atoms with Crippen molar-refractivity contribution in [3.05, 3.63) is 30.5 Å². The number of nitrogens with zero attached hydrogens (tertiary/aromatic N) is 3. The number of fused-ring (bicyclic) bond motifs is 1. The molecule has 0 radical (unpaired) electrons. The molecule has 2 fully saturated rings. The minimum Gasteiger partial charge on any atom is -0.354 e. The Balaban J connectivity index is 1.65. The predicted molar refractivity (Wildman–Crippen MR) is 76.6 cm³/mol. The normalized spacial score (nSPS) is 25.0. The lowest BCUT2D eigenvalue weighted by Crippen LogP contribution is -2.34. The number of carbonyl (C=O) groups excluding carboxylic acids is 2. The van der Waals surface area contributed by atoms with Crippen LogP contribution in [0.25, 0.3) is 11.0 Å². The highest BCUT2D eigenvalue weighted by Crippen LogP contribution is 2.39. The molecule has 1 spiro atoms. The lowest BCUT2D eigenvalue weighted by molar-refractivity contribution is -0.127. The van der Waals surface area contributed by atoms with E-state index < -0.39 is 5.41 Å². The van der Waals surface area contributed by atoms with E-state index in [9.17, 15) is 9.59 Å². The van der Waals surface area contributed by atoms with Crippen molar-refractivity contribution in [1.29, 1.82) is 0 Å². The first-order chi connectivity index (χ1) is 10.2. The van der Waals surface area contributed by atoms with Crippen LogP contribution in [-0.2, 0) is 9.59 Å². The summed E-state index contributed by atoms with van der Waals surface area (Å²) in [6, 6.07) is 7.69. The van der Waals surface area contributed by atoms with Crippen molar-refractivity contribution in [2.45, 2.75) is 12.8 Å². The number of nitrogens with one attached hydrogen (secondary N) is 1. The van der Waals surface area contributed by atoms with Gasteiger partial charge < -0.3 is 4.90 Å². The second-order valence-electron chi connectivity index (χ2n) is 5.72. The monoisotopic (exact) mass is 282 g/mol. The highest BCUT2D eigenvalue weighted by molar-refractivity contribution is 6.06. The van der Waals surface area contributed by atoms with Crippen molar-refractivity contribution in [3.8, 4) is 0 Å². The second-order valence-corrected chi connectivity index (χ2v) is 5.72. The third kappa shape index (κ3) is 1.86. The first-order valence-electron chi connectivity index (χ1n) is 6.97. The maximum atomic E-state index is 12.0. The Morgan fingerprint density at radius 3 is 2.76 bits per heavy atom. The molecule has 3 heterocycles. The number of aromatic nitrogens is 2. The van der Waals surface area contributed by atoms with Gasteiger partial charge in [-0.15, -0.1) is 0 Å². The second kappa shape index (κ2) is 4.25. The van der Waals surface area contributed by atoms with E-state index in [1.165, 1.54) is 0 Å². The fourth-order valence-corrected chi connectivity index (χ4v) is 3.19. The largest absolute Gasteiger partial charge is 0.354 e. The molecule has 21 heavy (non-hydrogen) atoms. The molecule has 2 aromatic rings. The van der Waals surface area contributed by atoms with Gasteiger partial charge in [-0.2, -0.15) is 0 Å². The molecule has 106 valence electrons. The summed E-state index contributed by atoms with van der Waals surface area (Å²) in [5.41, 5.74) is 1.11. The van der Waals surface area contributed by atoms with E-state index in [1.54, 1.807) is 6.20 Å². The number of imide groups is 1. The molecule has 1 atom stereocenters. The average molecular weight is 282 g/mol. The number of hydrogen-bond acceptors (Lipinski definition) is 5. The van der Waals surface area contributed by atoms with Gasteiger partial charge in [0.15, 0.2) is 0 Å². The van der Waals surface area contributed by atoms with Crippen LogP contribution in [0.2, 0.25) is 0 Å². The van der Waals surface area contributed by atoms with Crippen molar-refractivity contribution in [2.75, 3.05) is 18.0 Å². The summed E-state index contributed by atoms with van der Waals surface area (Å²) in [5.74, 6) is 0.438. The Bertz CT molecular complexity index is 760. The highest BCUT2D eigenvalue weighted by Gasteiger charge is 2.51. The minimum atomic E-state index is -0.579. The predicted octanol–water partition coefficient (Wildman–Crippen LogP) is 0.873. The number of rotatable bonds is 1. The zero-order chi connectivity index (χ0) is 14.4. The van der Waals surface area contributed by atoms with Gasteiger partial charge in [-0.05, 0) is 18.6 Å². The van der Waals surface area contributed by atoms with Crippen LogP contribution < -0.4 is 10.2 Å². The number of para-hydroxylation sites is 2. The van der Waals surface area contributed by atoms with E-state index >= 15 is 0 Å². The van der Waals surface area contributed by atoms with Crippen LogP contribution in [0.3, 0.4) is 0 Å². The zero-order valence-corrected chi connectivity index (χ0v) is 11.4. The Labute approximate surface area is 121 Å². The maximum absolute atomic E-state index is 12.0. The van der Waals surface area contributed by atoms with Gasteiger partial charge in [0.05, 0.1) is 22.6 Å². The van der Waals surface area contributed by atoms with Crippen molar-refractivity contribution in [3.63, 3.8) is 0 Å². The fraction of sp³-hybridized carbons (Fsp3) is 0.333. The summed E-state index contributed by atoms with van der Waals surface area (Å²) in [6.45, 7) is 1.24. The summed E-state index contributed by atoms with van der Waals surface area (Å²) in [7, 11) is 0. The Morgan fingerprint density at radius 1 is 1.19 bits per heavy atom. The molecule has 1 unspecified atom stereocenters. The number of carbonyl (C=O) groups is 2. The number of amides is 2. The molecule has 2 aliphatic heterocycles. The molecule has 4 rings (SSSR count). The van der Waals surface area contributed by atoms with Crippen molar-refractivity contribution in [2.24, 2.45) is 5.41 Å². The molecular formula is C15H14N4O2. The summed E-state index contributed by atoms with van der Waals surface area (Å²) in [5, 5.41) is 2.41. The lowest BCUT2D eigenvalue weighted by Gasteiger charge is -2.21. The molecule has 1 N–H and O–H groups in total. The van der Waals surface area contributed by atoms with E-state index in [-0.39, 0.29) is 18.2 Å². The van der Waals surface area contributed by atoms with Gasteiger partial charge in [0, 0.05) is 19.5 Å². The van der Waals surface area contributed by atoms with E-state index in [0.29, 0.717) is 19.5 Å². The minimum absolute atomic E-state index is 0.149. The Hall–Kier alpha value is -2.50.